The Labute approximate surface area is 124 Å². The molecular weight excluding hydrogens is 256 g/mol. The van der Waals surface area contributed by atoms with Crippen molar-refractivity contribution in [1.82, 2.24) is 9.97 Å². The smallest absolute Gasteiger partial charge is 0.133 e. The maximum atomic E-state index is 4.64. The molecule has 2 nitrogen and oxygen atoms in total. The molecule has 0 unspecified atom stereocenters. The van der Waals surface area contributed by atoms with E-state index in [1.807, 2.05) is 48.5 Å². The fraction of sp³-hybridized carbons (Fsp3) is 0.0526. The number of allylic oxidation sites excluding steroid dienone is 1. The van der Waals surface area contributed by atoms with Crippen molar-refractivity contribution in [2.45, 2.75) is 6.42 Å². The van der Waals surface area contributed by atoms with Crippen LogP contribution in [0.1, 0.15) is 5.82 Å². The van der Waals surface area contributed by atoms with Crippen LogP contribution in [-0.2, 0) is 6.42 Å². The quantitative estimate of drug-likeness (QED) is 0.652. The molecule has 3 rings (SSSR count). The Balaban J connectivity index is 2.13. The minimum absolute atomic E-state index is 0.667. The normalized spacial score (nSPS) is 10.3. The number of aromatic nitrogens is 2. The van der Waals surface area contributed by atoms with Gasteiger partial charge in [-0.3, -0.25) is 0 Å². The molecule has 0 amide bonds. The summed E-state index contributed by atoms with van der Waals surface area (Å²) >= 11 is 0. The lowest BCUT2D eigenvalue weighted by Gasteiger charge is -2.07. The molecule has 2 heteroatoms. The lowest BCUT2D eigenvalue weighted by Crippen LogP contribution is -1.98. The van der Waals surface area contributed by atoms with E-state index in [1.54, 1.807) is 0 Å². The molecule has 3 aromatic rings. The highest BCUT2D eigenvalue weighted by Gasteiger charge is 2.07. The van der Waals surface area contributed by atoms with Gasteiger partial charge in [-0.25, -0.2) is 9.97 Å². The van der Waals surface area contributed by atoms with E-state index in [4.69, 9.17) is 0 Å². The molecule has 0 fully saturated rings. The van der Waals surface area contributed by atoms with Crippen molar-refractivity contribution >= 4 is 0 Å². The second kappa shape index (κ2) is 6.14. The van der Waals surface area contributed by atoms with Crippen LogP contribution in [0.25, 0.3) is 22.5 Å². The maximum Gasteiger partial charge on any atom is 0.133 e. The average Bonchev–Trinajstić information content (AvgIpc) is 2.56. The monoisotopic (exact) mass is 272 g/mol. The van der Waals surface area contributed by atoms with E-state index in [0.29, 0.717) is 6.42 Å². The predicted molar refractivity (Wildman–Crippen MR) is 86.8 cm³/mol. The van der Waals surface area contributed by atoms with Crippen LogP contribution in [0, 0.1) is 0 Å². The molecule has 0 saturated heterocycles. The highest BCUT2D eigenvalue weighted by atomic mass is 14.9. The van der Waals surface area contributed by atoms with Crippen molar-refractivity contribution in [3.05, 3.63) is 85.2 Å². The van der Waals surface area contributed by atoms with Crippen molar-refractivity contribution in [1.29, 1.82) is 0 Å². The topological polar surface area (TPSA) is 25.8 Å². The van der Waals surface area contributed by atoms with Crippen molar-refractivity contribution in [3.8, 4) is 22.5 Å². The van der Waals surface area contributed by atoms with Gasteiger partial charge >= 0.3 is 0 Å². The molecule has 0 bridgehead atoms. The second-order valence-electron chi connectivity index (χ2n) is 4.78. The van der Waals surface area contributed by atoms with Gasteiger partial charge in [0.1, 0.15) is 5.82 Å². The van der Waals surface area contributed by atoms with Gasteiger partial charge in [0.25, 0.3) is 0 Å². The molecule has 0 aliphatic heterocycles. The largest absolute Gasteiger partial charge is 0.233 e. The first-order valence-corrected chi connectivity index (χ1v) is 6.96. The summed E-state index contributed by atoms with van der Waals surface area (Å²) in [5, 5.41) is 0. The van der Waals surface area contributed by atoms with Crippen LogP contribution in [0.15, 0.2) is 79.4 Å². The zero-order valence-corrected chi connectivity index (χ0v) is 11.7. The lowest BCUT2D eigenvalue weighted by molar-refractivity contribution is 0.999. The fourth-order valence-corrected chi connectivity index (χ4v) is 2.23. The maximum absolute atomic E-state index is 4.64. The van der Waals surface area contributed by atoms with Gasteiger partial charge < -0.3 is 0 Å². The molecule has 0 spiro atoms. The molecule has 1 heterocycles. The van der Waals surface area contributed by atoms with E-state index in [1.165, 1.54) is 0 Å². The molecule has 102 valence electrons. The van der Waals surface area contributed by atoms with Crippen molar-refractivity contribution < 1.29 is 0 Å². The van der Waals surface area contributed by atoms with Crippen LogP contribution in [0.2, 0.25) is 0 Å². The van der Waals surface area contributed by atoms with Gasteiger partial charge in [-0.1, -0.05) is 66.7 Å². The predicted octanol–water partition coefficient (Wildman–Crippen LogP) is 4.54. The molecule has 1 aromatic heterocycles. The van der Waals surface area contributed by atoms with E-state index in [9.17, 15) is 0 Å². The standard InChI is InChI=1S/C19H16N2/c1-2-9-19-20-17(15-10-5-3-6-11-15)14-18(21-19)16-12-7-4-8-13-16/h2-8,10-14H,1,9H2. The van der Waals surface area contributed by atoms with Gasteiger partial charge in [0.15, 0.2) is 0 Å². The first-order chi connectivity index (χ1) is 10.4. The van der Waals surface area contributed by atoms with Gasteiger partial charge in [0.2, 0.25) is 0 Å². The summed E-state index contributed by atoms with van der Waals surface area (Å²) in [4.78, 5) is 9.27. The minimum Gasteiger partial charge on any atom is -0.233 e. The summed E-state index contributed by atoms with van der Waals surface area (Å²) in [6, 6.07) is 22.4. The third kappa shape index (κ3) is 3.06. The highest BCUT2D eigenvalue weighted by Crippen LogP contribution is 2.23. The number of hydrogen-bond acceptors (Lipinski definition) is 2. The Morgan fingerprint density at radius 2 is 1.24 bits per heavy atom. The zero-order valence-electron chi connectivity index (χ0n) is 11.7. The summed E-state index contributed by atoms with van der Waals surface area (Å²) < 4.78 is 0. The Kier molecular flexibility index (Phi) is 3.88. The highest BCUT2D eigenvalue weighted by molar-refractivity contribution is 5.67. The summed E-state index contributed by atoms with van der Waals surface area (Å²) in [6.45, 7) is 3.78. The van der Waals surface area contributed by atoms with E-state index >= 15 is 0 Å². The average molecular weight is 272 g/mol. The van der Waals surface area contributed by atoms with Gasteiger partial charge in [-0.05, 0) is 6.07 Å². The van der Waals surface area contributed by atoms with E-state index in [0.717, 1.165) is 28.3 Å². The van der Waals surface area contributed by atoms with Crippen LogP contribution in [0.3, 0.4) is 0 Å². The van der Waals surface area contributed by atoms with Crippen LogP contribution in [0.5, 0.6) is 0 Å². The first-order valence-electron chi connectivity index (χ1n) is 6.96. The van der Waals surface area contributed by atoms with Crippen molar-refractivity contribution in [2.24, 2.45) is 0 Å². The van der Waals surface area contributed by atoms with Crippen LogP contribution in [-0.4, -0.2) is 9.97 Å². The first kappa shape index (κ1) is 13.3. The molecule has 21 heavy (non-hydrogen) atoms. The zero-order chi connectivity index (χ0) is 14.5. The number of nitrogens with zero attached hydrogens (tertiary/aromatic N) is 2. The molecule has 0 atom stereocenters. The Morgan fingerprint density at radius 3 is 1.67 bits per heavy atom. The van der Waals surface area contributed by atoms with Crippen molar-refractivity contribution in [2.75, 3.05) is 0 Å². The Hall–Kier alpha value is -2.74. The summed E-state index contributed by atoms with van der Waals surface area (Å²) in [5.41, 5.74) is 4.09. The van der Waals surface area contributed by atoms with Gasteiger partial charge in [0, 0.05) is 17.5 Å². The molecule has 0 radical (unpaired) electrons. The van der Waals surface area contributed by atoms with E-state index < -0.39 is 0 Å². The Morgan fingerprint density at radius 1 is 0.762 bits per heavy atom. The summed E-state index contributed by atoms with van der Waals surface area (Å²) in [5.74, 6) is 0.796. The lowest BCUT2D eigenvalue weighted by atomic mass is 10.1. The van der Waals surface area contributed by atoms with Gasteiger partial charge in [-0.15, -0.1) is 6.58 Å². The van der Waals surface area contributed by atoms with Crippen LogP contribution in [0.4, 0.5) is 0 Å². The summed E-state index contributed by atoms with van der Waals surface area (Å²) in [6.07, 6.45) is 2.50. The van der Waals surface area contributed by atoms with Crippen molar-refractivity contribution in [3.63, 3.8) is 0 Å². The number of hydrogen-bond donors (Lipinski definition) is 0. The minimum atomic E-state index is 0.667. The molecule has 0 aliphatic rings. The van der Waals surface area contributed by atoms with Gasteiger partial charge in [-0.2, -0.15) is 0 Å². The van der Waals surface area contributed by atoms with Crippen LogP contribution >= 0.6 is 0 Å². The molecule has 0 saturated carbocycles. The molecule has 0 aliphatic carbocycles. The second-order valence-corrected chi connectivity index (χ2v) is 4.78. The van der Waals surface area contributed by atoms with Gasteiger partial charge in [0.05, 0.1) is 11.4 Å². The molecule has 2 aromatic carbocycles. The third-order valence-electron chi connectivity index (χ3n) is 3.24. The third-order valence-corrected chi connectivity index (χ3v) is 3.24. The Bertz CT molecular complexity index is 676. The SMILES string of the molecule is C=CCc1nc(-c2ccccc2)cc(-c2ccccc2)n1. The summed E-state index contributed by atoms with van der Waals surface area (Å²) in [7, 11) is 0. The molecule has 0 N–H and O–H groups in total. The van der Waals surface area contributed by atoms with E-state index in [2.05, 4.69) is 40.8 Å². The fourth-order valence-electron chi connectivity index (χ4n) is 2.23. The number of rotatable bonds is 4. The molecular formula is C19H16N2. The van der Waals surface area contributed by atoms with Crippen LogP contribution < -0.4 is 0 Å². The van der Waals surface area contributed by atoms with E-state index in [-0.39, 0.29) is 0 Å². The number of benzene rings is 2.